The quantitative estimate of drug-likeness (QED) is 0.851. The van der Waals surface area contributed by atoms with Gasteiger partial charge in [-0.25, -0.2) is 0 Å². The number of aryl methyl sites for hydroxylation is 1. The van der Waals surface area contributed by atoms with E-state index in [1.807, 2.05) is 12.3 Å². The van der Waals surface area contributed by atoms with Gasteiger partial charge in [-0.1, -0.05) is 6.07 Å². The maximum atomic E-state index is 4.75. The number of fused-ring (bicyclic) bond motifs is 1. The highest BCUT2D eigenvalue weighted by Gasteiger charge is 2.20. The summed E-state index contributed by atoms with van der Waals surface area (Å²) >= 11 is 0. The molecule has 0 unspecified atom stereocenters. The van der Waals surface area contributed by atoms with Gasteiger partial charge in [-0.15, -0.1) is 24.8 Å². The van der Waals surface area contributed by atoms with Crippen molar-refractivity contribution in [3.8, 4) is 0 Å². The average Bonchev–Trinajstić information content (AvgIpc) is 3.01. The fourth-order valence-corrected chi connectivity index (χ4v) is 3.56. The molecule has 6 nitrogen and oxygen atoms in total. The second-order valence-electron chi connectivity index (χ2n) is 6.85. The van der Waals surface area contributed by atoms with Crippen LogP contribution in [0, 0.1) is 6.92 Å². The fraction of sp³-hybridized carbons (Fsp3) is 0.556. The van der Waals surface area contributed by atoms with Gasteiger partial charge < -0.3 is 5.32 Å². The van der Waals surface area contributed by atoms with Crippen LogP contribution in [0.5, 0.6) is 0 Å². The average molecular weight is 399 g/mol. The Morgan fingerprint density at radius 3 is 2.46 bits per heavy atom. The number of aromatic nitrogens is 3. The van der Waals surface area contributed by atoms with Gasteiger partial charge in [0.2, 0.25) is 0 Å². The Kier molecular flexibility index (Phi) is 7.85. The van der Waals surface area contributed by atoms with Gasteiger partial charge in [-0.3, -0.25) is 19.5 Å². The van der Waals surface area contributed by atoms with Crippen LogP contribution in [0.3, 0.4) is 0 Å². The summed E-state index contributed by atoms with van der Waals surface area (Å²) in [7, 11) is 0. The second-order valence-corrected chi connectivity index (χ2v) is 6.85. The molecule has 0 saturated carbocycles. The lowest BCUT2D eigenvalue weighted by molar-refractivity contribution is 0.119. The van der Waals surface area contributed by atoms with E-state index in [0.717, 1.165) is 58.9 Å². The molecule has 1 fully saturated rings. The van der Waals surface area contributed by atoms with Crippen LogP contribution in [0.2, 0.25) is 0 Å². The number of piperazine rings is 1. The highest BCUT2D eigenvalue weighted by Crippen LogP contribution is 2.14. The Hall–Kier alpha value is -1.18. The molecule has 1 saturated heterocycles. The van der Waals surface area contributed by atoms with Gasteiger partial charge in [0.25, 0.3) is 0 Å². The van der Waals surface area contributed by atoms with E-state index in [9.17, 15) is 0 Å². The van der Waals surface area contributed by atoms with Crippen molar-refractivity contribution in [3.05, 3.63) is 47.0 Å². The molecular weight excluding hydrogens is 371 g/mol. The van der Waals surface area contributed by atoms with Crippen molar-refractivity contribution in [2.75, 3.05) is 32.7 Å². The Bertz CT molecular complexity index is 673. The summed E-state index contributed by atoms with van der Waals surface area (Å²) in [5.41, 5.74) is 5.03. The van der Waals surface area contributed by atoms with Crippen LogP contribution in [0.25, 0.3) is 0 Å². The SMILES string of the molecule is Cc1cccnc1CN1CCN(Cc2cc3n(n2)CCNC3)CC1.Cl.Cl. The molecule has 4 heterocycles. The first kappa shape index (κ1) is 21.1. The number of hydrogen-bond donors (Lipinski definition) is 1. The number of halogens is 2. The zero-order valence-corrected chi connectivity index (χ0v) is 16.9. The second kappa shape index (κ2) is 9.67. The monoisotopic (exact) mass is 398 g/mol. The molecule has 0 radical (unpaired) electrons. The zero-order valence-electron chi connectivity index (χ0n) is 15.2. The van der Waals surface area contributed by atoms with Gasteiger partial charge in [-0.2, -0.15) is 5.10 Å². The van der Waals surface area contributed by atoms with Gasteiger partial charge in [0.1, 0.15) is 0 Å². The van der Waals surface area contributed by atoms with E-state index in [4.69, 9.17) is 5.10 Å². The standard InChI is InChI=1S/C18H26N6.2ClH/c1-15-3-2-4-20-18(15)14-23-9-7-22(8-10-23)13-16-11-17-12-19-5-6-24(17)21-16;;/h2-4,11,19H,5-10,12-14H2,1H3;2*1H. The van der Waals surface area contributed by atoms with E-state index >= 15 is 0 Å². The minimum absolute atomic E-state index is 0. The maximum Gasteiger partial charge on any atom is 0.0768 e. The van der Waals surface area contributed by atoms with Crippen molar-refractivity contribution in [1.82, 2.24) is 29.9 Å². The van der Waals surface area contributed by atoms with Crippen molar-refractivity contribution in [3.63, 3.8) is 0 Å². The number of rotatable bonds is 4. The summed E-state index contributed by atoms with van der Waals surface area (Å²) in [6, 6.07) is 6.42. The number of hydrogen-bond acceptors (Lipinski definition) is 5. The molecule has 2 aliphatic rings. The summed E-state index contributed by atoms with van der Waals surface area (Å²) < 4.78 is 2.16. The Labute approximate surface area is 167 Å². The predicted molar refractivity (Wildman–Crippen MR) is 108 cm³/mol. The highest BCUT2D eigenvalue weighted by atomic mass is 35.5. The summed E-state index contributed by atoms with van der Waals surface area (Å²) in [6.45, 7) is 11.5. The van der Waals surface area contributed by atoms with Crippen LogP contribution in [0.4, 0.5) is 0 Å². The molecule has 4 rings (SSSR count). The minimum atomic E-state index is 0. The summed E-state index contributed by atoms with van der Waals surface area (Å²) in [6.07, 6.45) is 1.90. The van der Waals surface area contributed by atoms with E-state index in [2.05, 4.69) is 43.8 Å². The lowest BCUT2D eigenvalue weighted by Gasteiger charge is -2.34. The van der Waals surface area contributed by atoms with Crippen molar-refractivity contribution in [2.24, 2.45) is 0 Å². The molecule has 2 aromatic rings. The minimum Gasteiger partial charge on any atom is -0.309 e. The van der Waals surface area contributed by atoms with Crippen molar-refractivity contribution in [2.45, 2.75) is 33.1 Å². The lowest BCUT2D eigenvalue weighted by atomic mass is 10.2. The van der Waals surface area contributed by atoms with Gasteiger partial charge in [-0.05, 0) is 24.6 Å². The van der Waals surface area contributed by atoms with E-state index in [0.29, 0.717) is 0 Å². The lowest BCUT2D eigenvalue weighted by Crippen LogP contribution is -2.45. The van der Waals surface area contributed by atoms with E-state index in [1.54, 1.807) is 0 Å². The molecule has 0 spiro atoms. The third kappa shape index (κ3) is 4.96. The van der Waals surface area contributed by atoms with Crippen molar-refractivity contribution >= 4 is 24.8 Å². The van der Waals surface area contributed by atoms with E-state index in [1.165, 1.54) is 22.6 Å². The van der Waals surface area contributed by atoms with Crippen LogP contribution in [0.1, 0.15) is 22.6 Å². The first-order valence-corrected chi connectivity index (χ1v) is 8.89. The van der Waals surface area contributed by atoms with Gasteiger partial charge in [0.15, 0.2) is 0 Å². The molecule has 144 valence electrons. The van der Waals surface area contributed by atoms with Gasteiger partial charge >= 0.3 is 0 Å². The third-order valence-corrected chi connectivity index (χ3v) is 5.06. The number of nitrogens with zero attached hydrogens (tertiary/aromatic N) is 5. The molecule has 8 heteroatoms. The molecule has 0 aliphatic carbocycles. The van der Waals surface area contributed by atoms with E-state index in [-0.39, 0.29) is 24.8 Å². The van der Waals surface area contributed by atoms with Crippen LogP contribution in [0.15, 0.2) is 24.4 Å². The normalized spacial score (nSPS) is 17.9. The molecular formula is C18H28Cl2N6. The molecule has 0 atom stereocenters. The predicted octanol–water partition coefficient (Wildman–Crippen LogP) is 1.85. The Balaban J connectivity index is 0.00000121. The molecule has 2 aliphatic heterocycles. The summed E-state index contributed by atoms with van der Waals surface area (Å²) in [4.78, 5) is 9.55. The highest BCUT2D eigenvalue weighted by molar-refractivity contribution is 5.85. The molecule has 0 bridgehead atoms. The van der Waals surface area contributed by atoms with Crippen LogP contribution < -0.4 is 5.32 Å². The molecule has 2 aromatic heterocycles. The topological polar surface area (TPSA) is 49.2 Å². The van der Waals surface area contributed by atoms with Crippen LogP contribution >= 0.6 is 24.8 Å². The summed E-state index contributed by atoms with van der Waals surface area (Å²) in [5.74, 6) is 0. The van der Waals surface area contributed by atoms with E-state index < -0.39 is 0 Å². The van der Waals surface area contributed by atoms with Crippen molar-refractivity contribution in [1.29, 1.82) is 0 Å². The molecule has 0 amide bonds. The smallest absolute Gasteiger partial charge is 0.0768 e. The molecule has 1 N–H and O–H groups in total. The first-order valence-electron chi connectivity index (χ1n) is 8.89. The van der Waals surface area contributed by atoms with Crippen LogP contribution in [-0.4, -0.2) is 57.3 Å². The zero-order chi connectivity index (χ0) is 16.4. The molecule has 26 heavy (non-hydrogen) atoms. The number of nitrogens with one attached hydrogen (secondary N) is 1. The van der Waals surface area contributed by atoms with Gasteiger partial charge in [0.05, 0.1) is 23.6 Å². The summed E-state index contributed by atoms with van der Waals surface area (Å²) in [5, 5.41) is 8.16. The van der Waals surface area contributed by atoms with Crippen molar-refractivity contribution < 1.29 is 0 Å². The number of pyridine rings is 1. The first-order chi connectivity index (χ1) is 11.8. The molecule has 0 aromatic carbocycles. The maximum absolute atomic E-state index is 4.75. The fourth-order valence-electron chi connectivity index (χ4n) is 3.56. The van der Waals surface area contributed by atoms with Crippen LogP contribution in [-0.2, 0) is 26.2 Å². The largest absolute Gasteiger partial charge is 0.309 e. The third-order valence-electron chi connectivity index (χ3n) is 5.06. The Morgan fingerprint density at radius 2 is 1.77 bits per heavy atom. The Morgan fingerprint density at radius 1 is 1.04 bits per heavy atom. The van der Waals surface area contributed by atoms with Gasteiger partial charge in [0, 0.05) is 58.6 Å².